The fourth-order valence-electron chi connectivity index (χ4n) is 1.45. The lowest BCUT2D eigenvalue weighted by Gasteiger charge is -1.90. The summed E-state index contributed by atoms with van der Waals surface area (Å²) in [5, 5.41) is 9.99. The van der Waals surface area contributed by atoms with Crippen LogP contribution in [-0.4, -0.2) is 15.2 Å². The van der Waals surface area contributed by atoms with E-state index in [4.69, 9.17) is 4.42 Å². The summed E-state index contributed by atoms with van der Waals surface area (Å²) in [6.07, 6.45) is 7.15. The van der Waals surface area contributed by atoms with Gasteiger partial charge in [-0.25, -0.2) is 0 Å². The average molecular weight is 255 g/mol. The molecule has 0 radical (unpaired) electrons. The van der Waals surface area contributed by atoms with E-state index in [9.17, 15) is 0 Å². The van der Waals surface area contributed by atoms with Crippen molar-refractivity contribution in [1.29, 1.82) is 0 Å². The molecule has 0 fully saturated rings. The first kappa shape index (κ1) is 10.9. The van der Waals surface area contributed by atoms with Gasteiger partial charge in [-0.15, -0.1) is 21.5 Å². The zero-order valence-electron chi connectivity index (χ0n) is 9.35. The molecule has 0 amide bonds. The molecular weight excluding hydrogens is 246 g/mol. The third-order valence-electron chi connectivity index (χ3n) is 2.30. The maximum absolute atomic E-state index is 5.54. The first-order chi connectivity index (χ1) is 8.92. The molecule has 0 N–H and O–H groups in total. The van der Waals surface area contributed by atoms with Gasteiger partial charge in [0.25, 0.3) is 0 Å². The van der Waals surface area contributed by atoms with Gasteiger partial charge in [0.2, 0.25) is 11.8 Å². The summed E-state index contributed by atoms with van der Waals surface area (Å²) in [6.45, 7) is 0. The van der Waals surface area contributed by atoms with Crippen LogP contribution >= 0.6 is 11.3 Å². The summed E-state index contributed by atoms with van der Waals surface area (Å²) < 4.78 is 5.54. The van der Waals surface area contributed by atoms with Crippen LogP contribution in [-0.2, 0) is 0 Å². The van der Waals surface area contributed by atoms with Crippen LogP contribution in [0.3, 0.4) is 0 Å². The van der Waals surface area contributed by atoms with Crippen LogP contribution in [0.4, 0.5) is 0 Å². The molecule has 3 aromatic heterocycles. The molecule has 0 unspecified atom stereocenters. The minimum absolute atomic E-state index is 0.496. The Kier molecular flexibility index (Phi) is 2.97. The van der Waals surface area contributed by atoms with Crippen molar-refractivity contribution in [2.75, 3.05) is 0 Å². The van der Waals surface area contributed by atoms with Crippen LogP contribution in [0, 0.1) is 0 Å². The van der Waals surface area contributed by atoms with Crippen LogP contribution in [0.2, 0.25) is 0 Å². The number of hydrogen-bond donors (Lipinski definition) is 0. The van der Waals surface area contributed by atoms with Crippen LogP contribution in [0.5, 0.6) is 0 Å². The third-order valence-corrected chi connectivity index (χ3v) is 3.14. The number of thiophene rings is 1. The fraction of sp³-hybridized carbons (Fsp3) is 0. The van der Waals surface area contributed by atoms with Crippen LogP contribution < -0.4 is 0 Å². The van der Waals surface area contributed by atoms with Gasteiger partial charge >= 0.3 is 0 Å². The van der Waals surface area contributed by atoms with E-state index >= 15 is 0 Å². The molecule has 4 nitrogen and oxygen atoms in total. The number of aromatic nitrogens is 3. The van der Waals surface area contributed by atoms with Gasteiger partial charge < -0.3 is 4.42 Å². The van der Waals surface area contributed by atoms with E-state index in [1.54, 1.807) is 23.7 Å². The summed E-state index contributed by atoms with van der Waals surface area (Å²) in [4.78, 5) is 5.10. The van der Waals surface area contributed by atoms with Crippen molar-refractivity contribution in [2.24, 2.45) is 0 Å². The summed E-state index contributed by atoms with van der Waals surface area (Å²) in [6, 6.07) is 7.70. The third kappa shape index (κ3) is 2.36. The van der Waals surface area contributed by atoms with Crippen molar-refractivity contribution >= 4 is 23.5 Å². The van der Waals surface area contributed by atoms with Gasteiger partial charge in [-0.1, -0.05) is 6.07 Å². The first-order valence-electron chi connectivity index (χ1n) is 5.37. The Morgan fingerprint density at radius 1 is 1.06 bits per heavy atom. The quantitative estimate of drug-likeness (QED) is 0.720. The predicted octanol–water partition coefficient (Wildman–Crippen LogP) is 3.36. The van der Waals surface area contributed by atoms with E-state index in [2.05, 4.69) is 15.2 Å². The molecule has 0 bridgehead atoms. The number of nitrogens with zero attached hydrogens (tertiary/aromatic N) is 3. The Bertz CT molecular complexity index is 644. The normalized spacial score (nSPS) is 11.1. The van der Waals surface area contributed by atoms with Crippen molar-refractivity contribution in [3.05, 3.63) is 52.8 Å². The molecule has 0 aliphatic rings. The zero-order valence-corrected chi connectivity index (χ0v) is 10.2. The Morgan fingerprint density at radius 3 is 2.72 bits per heavy atom. The summed E-state index contributed by atoms with van der Waals surface area (Å²) in [5.41, 5.74) is 0.869. The highest BCUT2D eigenvalue weighted by atomic mass is 32.1. The molecule has 3 aromatic rings. The second-order valence-electron chi connectivity index (χ2n) is 3.53. The van der Waals surface area contributed by atoms with Gasteiger partial charge in [-0.05, 0) is 29.7 Å². The Morgan fingerprint density at radius 2 is 1.94 bits per heavy atom. The summed E-state index contributed by atoms with van der Waals surface area (Å²) >= 11 is 1.66. The van der Waals surface area contributed by atoms with Crippen molar-refractivity contribution in [3.8, 4) is 11.5 Å². The highest BCUT2D eigenvalue weighted by molar-refractivity contribution is 7.10. The smallest absolute Gasteiger partial charge is 0.248 e. The number of pyridine rings is 1. The Labute approximate surface area is 108 Å². The van der Waals surface area contributed by atoms with Crippen molar-refractivity contribution < 1.29 is 4.42 Å². The molecule has 0 saturated heterocycles. The first-order valence-corrected chi connectivity index (χ1v) is 6.25. The van der Waals surface area contributed by atoms with Crippen molar-refractivity contribution in [1.82, 2.24) is 15.2 Å². The average Bonchev–Trinajstić information content (AvgIpc) is 3.09. The molecule has 3 rings (SSSR count). The topological polar surface area (TPSA) is 51.8 Å². The van der Waals surface area contributed by atoms with E-state index in [-0.39, 0.29) is 0 Å². The second kappa shape index (κ2) is 4.93. The van der Waals surface area contributed by atoms with Gasteiger partial charge in [0.1, 0.15) is 0 Å². The maximum Gasteiger partial charge on any atom is 0.248 e. The monoisotopic (exact) mass is 255 g/mol. The van der Waals surface area contributed by atoms with E-state index < -0.39 is 0 Å². The van der Waals surface area contributed by atoms with E-state index in [0.29, 0.717) is 11.8 Å². The molecule has 5 heteroatoms. The van der Waals surface area contributed by atoms with E-state index in [0.717, 1.165) is 10.4 Å². The summed E-state index contributed by atoms with van der Waals surface area (Å²) in [5.74, 6) is 0.999. The minimum Gasteiger partial charge on any atom is -0.417 e. The van der Waals surface area contributed by atoms with Crippen molar-refractivity contribution in [2.45, 2.75) is 0 Å². The zero-order chi connectivity index (χ0) is 12.2. The number of hydrogen-bond acceptors (Lipinski definition) is 5. The minimum atomic E-state index is 0.496. The molecule has 0 spiro atoms. The van der Waals surface area contributed by atoms with E-state index in [1.165, 1.54) is 0 Å². The molecule has 0 aliphatic heterocycles. The van der Waals surface area contributed by atoms with Gasteiger partial charge in [0, 0.05) is 28.9 Å². The van der Waals surface area contributed by atoms with E-state index in [1.807, 2.05) is 41.8 Å². The highest BCUT2D eigenvalue weighted by Crippen LogP contribution is 2.18. The predicted molar refractivity (Wildman–Crippen MR) is 70.8 cm³/mol. The largest absolute Gasteiger partial charge is 0.417 e. The lowest BCUT2D eigenvalue weighted by Crippen LogP contribution is -1.77. The van der Waals surface area contributed by atoms with Crippen LogP contribution in [0.25, 0.3) is 23.6 Å². The molecule has 3 heterocycles. The maximum atomic E-state index is 5.54. The molecule has 0 aromatic carbocycles. The number of rotatable bonds is 3. The SMILES string of the molecule is C(=Cc1cccs1)c1nnc(-c2ccncc2)o1. The lowest BCUT2D eigenvalue weighted by atomic mass is 10.3. The van der Waals surface area contributed by atoms with Gasteiger partial charge in [-0.3, -0.25) is 4.98 Å². The molecule has 0 atom stereocenters. The molecular formula is C13H9N3OS. The van der Waals surface area contributed by atoms with Gasteiger partial charge in [-0.2, -0.15) is 0 Å². The van der Waals surface area contributed by atoms with Crippen LogP contribution in [0.15, 0.2) is 46.5 Å². The molecule has 88 valence electrons. The molecule has 18 heavy (non-hydrogen) atoms. The summed E-state index contributed by atoms with van der Waals surface area (Å²) in [7, 11) is 0. The van der Waals surface area contributed by atoms with Crippen molar-refractivity contribution in [3.63, 3.8) is 0 Å². The Balaban J connectivity index is 1.82. The Hall–Kier alpha value is -2.27. The second-order valence-corrected chi connectivity index (χ2v) is 4.51. The molecule has 0 aliphatic carbocycles. The molecule has 0 saturated carbocycles. The van der Waals surface area contributed by atoms with Crippen LogP contribution in [0.1, 0.15) is 10.8 Å². The standard InChI is InChI=1S/C13H9N3OS/c1-2-11(18-9-1)3-4-12-15-16-13(17-12)10-5-7-14-8-6-10/h1-9H. The highest BCUT2D eigenvalue weighted by Gasteiger charge is 2.05. The lowest BCUT2D eigenvalue weighted by molar-refractivity contribution is 0.558. The van der Waals surface area contributed by atoms with Gasteiger partial charge in [0.05, 0.1) is 0 Å². The van der Waals surface area contributed by atoms with Gasteiger partial charge in [0.15, 0.2) is 0 Å². The fourth-order valence-corrected chi connectivity index (χ4v) is 2.07.